The minimum absolute atomic E-state index is 0.249. The Kier molecular flexibility index (Phi) is 4.42. The predicted molar refractivity (Wildman–Crippen MR) is 69.8 cm³/mol. The lowest BCUT2D eigenvalue weighted by Crippen LogP contribution is -2.60. The Hall–Kier alpha value is -0.0800. The first-order valence-electron chi connectivity index (χ1n) is 6.65. The highest BCUT2D eigenvalue weighted by Gasteiger charge is 2.43. The molecule has 96 valence electrons. The zero-order chi connectivity index (χ0) is 12.4. The van der Waals surface area contributed by atoms with Crippen LogP contribution in [0, 0.1) is 0 Å². The van der Waals surface area contributed by atoms with Gasteiger partial charge in [-0.25, -0.2) is 0 Å². The van der Waals surface area contributed by atoms with Crippen molar-refractivity contribution in [2.45, 2.75) is 77.5 Å². The van der Waals surface area contributed by atoms with E-state index in [-0.39, 0.29) is 11.1 Å². The van der Waals surface area contributed by atoms with Crippen molar-refractivity contribution in [1.82, 2.24) is 4.90 Å². The molecular weight excluding hydrogens is 198 g/mol. The first-order valence-corrected chi connectivity index (χ1v) is 6.65. The number of piperidine rings is 1. The van der Waals surface area contributed by atoms with Gasteiger partial charge in [0.05, 0.1) is 6.10 Å². The van der Waals surface area contributed by atoms with Crippen LogP contribution in [0.4, 0.5) is 0 Å². The highest BCUT2D eigenvalue weighted by molar-refractivity contribution is 4.98. The molecular formula is C14H29NO. The molecule has 0 atom stereocenters. The van der Waals surface area contributed by atoms with Crippen molar-refractivity contribution in [2.75, 3.05) is 13.7 Å². The molecule has 0 radical (unpaired) electrons. The third kappa shape index (κ3) is 3.21. The van der Waals surface area contributed by atoms with Gasteiger partial charge in [-0.05, 0) is 54.0 Å². The average molecular weight is 227 g/mol. The van der Waals surface area contributed by atoms with Crippen LogP contribution in [0.3, 0.4) is 0 Å². The average Bonchev–Trinajstić information content (AvgIpc) is 2.14. The fourth-order valence-corrected chi connectivity index (χ4v) is 2.79. The number of hydrogen-bond acceptors (Lipinski definition) is 2. The van der Waals surface area contributed by atoms with E-state index in [0.29, 0.717) is 6.10 Å². The molecule has 16 heavy (non-hydrogen) atoms. The molecule has 0 N–H and O–H groups in total. The van der Waals surface area contributed by atoms with E-state index in [1.165, 1.54) is 12.8 Å². The maximum Gasteiger partial charge on any atom is 0.0610 e. The molecule has 0 aliphatic carbocycles. The molecule has 1 fully saturated rings. The Labute approximate surface area is 101 Å². The summed E-state index contributed by atoms with van der Waals surface area (Å²) in [5.74, 6) is 0. The molecule has 1 heterocycles. The topological polar surface area (TPSA) is 12.5 Å². The fraction of sp³-hybridized carbons (Fsp3) is 1.00. The van der Waals surface area contributed by atoms with Crippen LogP contribution in [0.15, 0.2) is 0 Å². The van der Waals surface area contributed by atoms with Crippen molar-refractivity contribution < 1.29 is 4.74 Å². The van der Waals surface area contributed by atoms with Gasteiger partial charge in [-0.1, -0.05) is 13.3 Å². The smallest absolute Gasteiger partial charge is 0.0610 e. The van der Waals surface area contributed by atoms with Gasteiger partial charge in [-0.2, -0.15) is 0 Å². The predicted octanol–water partition coefficient (Wildman–Crippen LogP) is 3.45. The van der Waals surface area contributed by atoms with Gasteiger partial charge in [0.1, 0.15) is 0 Å². The van der Waals surface area contributed by atoms with Crippen molar-refractivity contribution in [1.29, 1.82) is 0 Å². The molecule has 0 aromatic rings. The Morgan fingerprint density at radius 3 is 2.06 bits per heavy atom. The van der Waals surface area contributed by atoms with Crippen LogP contribution in [0.5, 0.6) is 0 Å². The standard InChI is InChI=1S/C14H29NO/c1-7-8-9-16-12-10-13(2,3)15(6)14(4,5)11-12/h12H,7-11H2,1-6H3. The summed E-state index contributed by atoms with van der Waals surface area (Å²) in [6.07, 6.45) is 5.15. The maximum absolute atomic E-state index is 6.02. The monoisotopic (exact) mass is 227 g/mol. The summed E-state index contributed by atoms with van der Waals surface area (Å²) in [6.45, 7) is 12.4. The normalized spacial score (nSPS) is 25.9. The highest BCUT2D eigenvalue weighted by Crippen LogP contribution is 2.38. The molecule has 1 saturated heterocycles. The second-order valence-electron chi connectivity index (χ2n) is 6.44. The summed E-state index contributed by atoms with van der Waals surface area (Å²) < 4.78 is 6.02. The van der Waals surface area contributed by atoms with Crippen LogP contribution in [0.1, 0.15) is 60.3 Å². The van der Waals surface area contributed by atoms with E-state index in [1.807, 2.05) is 0 Å². The van der Waals surface area contributed by atoms with Gasteiger partial charge in [0.25, 0.3) is 0 Å². The lowest BCUT2D eigenvalue weighted by Gasteiger charge is -2.53. The third-order valence-corrected chi connectivity index (χ3v) is 4.12. The van der Waals surface area contributed by atoms with Crippen LogP contribution >= 0.6 is 0 Å². The van der Waals surface area contributed by atoms with E-state index >= 15 is 0 Å². The van der Waals surface area contributed by atoms with Crippen molar-refractivity contribution in [3.63, 3.8) is 0 Å². The van der Waals surface area contributed by atoms with Crippen molar-refractivity contribution >= 4 is 0 Å². The van der Waals surface area contributed by atoms with Crippen molar-refractivity contribution in [3.8, 4) is 0 Å². The maximum atomic E-state index is 6.02. The Bertz CT molecular complexity index is 205. The van der Waals surface area contributed by atoms with Gasteiger partial charge in [0, 0.05) is 17.7 Å². The summed E-state index contributed by atoms with van der Waals surface area (Å²) in [7, 11) is 2.24. The molecule has 0 bridgehead atoms. The van der Waals surface area contributed by atoms with E-state index in [0.717, 1.165) is 19.4 Å². The van der Waals surface area contributed by atoms with Crippen molar-refractivity contribution in [3.05, 3.63) is 0 Å². The van der Waals surface area contributed by atoms with Gasteiger partial charge < -0.3 is 4.74 Å². The molecule has 0 unspecified atom stereocenters. The SMILES string of the molecule is CCCCOC1CC(C)(C)N(C)C(C)(C)C1. The van der Waals surface area contributed by atoms with Gasteiger partial charge >= 0.3 is 0 Å². The molecule has 0 spiro atoms. The quantitative estimate of drug-likeness (QED) is 0.682. The zero-order valence-electron chi connectivity index (χ0n) is 12.0. The number of nitrogens with zero attached hydrogens (tertiary/aromatic N) is 1. The lowest BCUT2D eigenvalue weighted by molar-refractivity contribution is -0.0916. The lowest BCUT2D eigenvalue weighted by atomic mass is 9.79. The van der Waals surface area contributed by atoms with E-state index in [4.69, 9.17) is 4.74 Å². The Balaban J connectivity index is 2.57. The van der Waals surface area contributed by atoms with Gasteiger partial charge in [-0.15, -0.1) is 0 Å². The molecule has 2 heteroatoms. The van der Waals surface area contributed by atoms with E-state index in [2.05, 4.69) is 46.6 Å². The summed E-state index contributed by atoms with van der Waals surface area (Å²) in [6, 6.07) is 0. The Morgan fingerprint density at radius 2 is 1.62 bits per heavy atom. The molecule has 2 nitrogen and oxygen atoms in total. The fourth-order valence-electron chi connectivity index (χ4n) is 2.79. The van der Waals surface area contributed by atoms with E-state index in [9.17, 15) is 0 Å². The molecule has 1 aliphatic rings. The minimum atomic E-state index is 0.249. The number of ether oxygens (including phenoxy) is 1. The second kappa shape index (κ2) is 5.05. The molecule has 0 amide bonds. The zero-order valence-corrected chi connectivity index (χ0v) is 12.0. The van der Waals surface area contributed by atoms with Gasteiger partial charge in [0.2, 0.25) is 0 Å². The molecule has 1 aliphatic heterocycles. The second-order valence-corrected chi connectivity index (χ2v) is 6.44. The van der Waals surface area contributed by atoms with E-state index < -0.39 is 0 Å². The summed E-state index contributed by atoms with van der Waals surface area (Å²) >= 11 is 0. The van der Waals surface area contributed by atoms with Crippen LogP contribution < -0.4 is 0 Å². The summed E-state index contributed by atoms with van der Waals surface area (Å²) in [5.41, 5.74) is 0.497. The first-order chi connectivity index (χ1) is 7.29. The largest absolute Gasteiger partial charge is 0.378 e. The summed E-state index contributed by atoms with van der Waals surface area (Å²) in [4.78, 5) is 2.50. The number of hydrogen-bond donors (Lipinski definition) is 0. The Morgan fingerprint density at radius 1 is 1.12 bits per heavy atom. The molecule has 1 rings (SSSR count). The minimum Gasteiger partial charge on any atom is -0.378 e. The number of rotatable bonds is 4. The molecule has 0 saturated carbocycles. The third-order valence-electron chi connectivity index (χ3n) is 4.12. The molecule has 0 aromatic heterocycles. The van der Waals surface area contributed by atoms with Crippen molar-refractivity contribution in [2.24, 2.45) is 0 Å². The highest BCUT2D eigenvalue weighted by atomic mass is 16.5. The van der Waals surface area contributed by atoms with E-state index in [1.54, 1.807) is 0 Å². The van der Waals surface area contributed by atoms with Gasteiger partial charge in [-0.3, -0.25) is 4.90 Å². The summed E-state index contributed by atoms with van der Waals surface area (Å²) in [5, 5.41) is 0. The van der Waals surface area contributed by atoms with Crippen LogP contribution in [0.25, 0.3) is 0 Å². The number of likely N-dealkylation sites (tertiary alicyclic amines) is 1. The first kappa shape index (κ1) is 14.0. The van der Waals surface area contributed by atoms with Gasteiger partial charge in [0.15, 0.2) is 0 Å². The number of unbranched alkanes of at least 4 members (excludes halogenated alkanes) is 1. The molecule has 0 aromatic carbocycles. The van der Waals surface area contributed by atoms with Crippen LogP contribution in [0.2, 0.25) is 0 Å². The van der Waals surface area contributed by atoms with Crippen LogP contribution in [-0.4, -0.2) is 35.7 Å². The van der Waals surface area contributed by atoms with Crippen LogP contribution in [-0.2, 0) is 4.74 Å².